The predicted octanol–water partition coefficient (Wildman–Crippen LogP) is 3.46. The molecule has 96 valence electrons. The minimum Gasteiger partial charge on any atom is -0.385 e. The van der Waals surface area contributed by atoms with Crippen LogP contribution >= 0.6 is 0 Å². The van der Waals surface area contributed by atoms with Gasteiger partial charge in [0.15, 0.2) is 0 Å². The van der Waals surface area contributed by atoms with Crippen molar-refractivity contribution >= 4 is 0 Å². The van der Waals surface area contributed by atoms with Crippen LogP contribution in [0, 0.1) is 6.92 Å². The minimum atomic E-state index is 0.464. The molecule has 17 heavy (non-hydrogen) atoms. The quantitative estimate of drug-likeness (QED) is 0.697. The third kappa shape index (κ3) is 4.88. The first kappa shape index (κ1) is 14.2. The monoisotopic (exact) mass is 235 g/mol. The van der Waals surface area contributed by atoms with E-state index in [4.69, 9.17) is 4.74 Å². The van der Waals surface area contributed by atoms with Gasteiger partial charge in [-0.1, -0.05) is 31.2 Å². The van der Waals surface area contributed by atoms with Crippen LogP contribution in [0.2, 0.25) is 0 Å². The number of hydrogen-bond donors (Lipinski definition) is 1. The van der Waals surface area contributed by atoms with Gasteiger partial charge in [-0.15, -0.1) is 0 Å². The number of methoxy groups -OCH3 is 1. The van der Waals surface area contributed by atoms with Crippen molar-refractivity contribution in [3.05, 3.63) is 35.4 Å². The fraction of sp³-hybridized carbons (Fsp3) is 0.600. The molecule has 2 nitrogen and oxygen atoms in total. The van der Waals surface area contributed by atoms with Gasteiger partial charge >= 0.3 is 0 Å². The maximum Gasteiger partial charge on any atom is 0.0462 e. The van der Waals surface area contributed by atoms with Crippen LogP contribution in [0.4, 0.5) is 0 Å². The van der Waals surface area contributed by atoms with Gasteiger partial charge in [0, 0.05) is 19.8 Å². The zero-order valence-electron chi connectivity index (χ0n) is 11.3. The largest absolute Gasteiger partial charge is 0.385 e. The molecule has 0 aromatic heterocycles. The number of aryl methyl sites for hydroxylation is 1. The van der Waals surface area contributed by atoms with Gasteiger partial charge in [-0.3, -0.25) is 0 Å². The lowest BCUT2D eigenvalue weighted by Gasteiger charge is -2.20. The molecule has 0 radical (unpaired) electrons. The summed E-state index contributed by atoms with van der Waals surface area (Å²) in [7, 11) is 1.77. The molecular weight excluding hydrogens is 210 g/mol. The molecule has 0 heterocycles. The Labute approximate surface area is 105 Å². The van der Waals surface area contributed by atoms with E-state index < -0.39 is 0 Å². The van der Waals surface area contributed by atoms with Crippen molar-refractivity contribution in [3.8, 4) is 0 Å². The van der Waals surface area contributed by atoms with E-state index in [1.165, 1.54) is 17.5 Å². The summed E-state index contributed by atoms with van der Waals surface area (Å²) in [6, 6.07) is 9.11. The summed E-state index contributed by atoms with van der Waals surface area (Å²) in [5.41, 5.74) is 2.80. The lowest BCUT2D eigenvalue weighted by molar-refractivity contribution is 0.188. The second kappa shape index (κ2) is 8.26. The van der Waals surface area contributed by atoms with Gasteiger partial charge < -0.3 is 10.1 Å². The Hall–Kier alpha value is -0.860. The highest BCUT2D eigenvalue weighted by atomic mass is 16.5. The average molecular weight is 235 g/mol. The van der Waals surface area contributed by atoms with E-state index in [2.05, 4.69) is 43.4 Å². The summed E-state index contributed by atoms with van der Waals surface area (Å²) < 4.78 is 5.14. The second-order valence-electron chi connectivity index (χ2n) is 4.50. The van der Waals surface area contributed by atoms with E-state index in [0.29, 0.717) is 6.04 Å². The summed E-state index contributed by atoms with van der Waals surface area (Å²) in [5, 5.41) is 3.63. The van der Waals surface area contributed by atoms with Crippen molar-refractivity contribution in [1.82, 2.24) is 5.32 Å². The Morgan fingerprint density at radius 1 is 1.29 bits per heavy atom. The lowest BCUT2D eigenvalue weighted by atomic mass is 9.97. The zero-order valence-corrected chi connectivity index (χ0v) is 11.3. The molecule has 0 fully saturated rings. The summed E-state index contributed by atoms with van der Waals surface area (Å²) in [6.45, 7) is 6.31. The normalized spacial score (nSPS) is 12.6. The van der Waals surface area contributed by atoms with E-state index in [9.17, 15) is 0 Å². The first-order chi connectivity index (χ1) is 8.29. The van der Waals surface area contributed by atoms with E-state index in [0.717, 1.165) is 26.0 Å². The molecule has 2 heteroatoms. The maximum absolute atomic E-state index is 5.14. The highest BCUT2D eigenvalue weighted by molar-refractivity contribution is 5.28. The number of ether oxygens (including phenoxy) is 1. The van der Waals surface area contributed by atoms with Crippen LogP contribution in [-0.4, -0.2) is 20.3 Å². The van der Waals surface area contributed by atoms with Crippen LogP contribution in [0.15, 0.2) is 24.3 Å². The van der Waals surface area contributed by atoms with Crippen LogP contribution in [0.1, 0.15) is 43.4 Å². The van der Waals surface area contributed by atoms with Crippen LogP contribution < -0.4 is 5.32 Å². The molecule has 1 N–H and O–H groups in total. The Balaban J connectivity index is 2.64. The highest BCUT2D eigenvalue weighted by Gasteiger charge is 2.11. The van der Waals surface area contributed by atoms with Gasteiger partial charge in [0.05, 0.1) is 0 Å². The van der Waals surface area contributed by atoms with Gasteiger partial charge in [-0.2, -0.15) is 0 Å². The van der Waals surface area contributed by atoms with Crippen LogP contribution in [-0.2, 0) is 4.74 Å². The zero-order chi connectivity index (χ0) is 12.5. The molecule has 0 aliphatic rings. The molecule has 0 bridgehead atoms. The van der Waals surface area contributed by atoms with Crippen LogP contribution in [0.5, 0.6) is 0 Å². The smallest absolute Gasteiger partial charge is 0.0462 e. The third-order valence-corrected chi connectivity index (χ3v) is 3.05. The number of rotatable bonds is 8. The topological polar surface area (TPSA) is 21.3 Å². The molecule has 1 aromatic rings. The average Bonchev–Trinajstić information content (AvgIpc) is 2.35. The maximum atomic E-state index is 5.14. The van der Waals surface area contributed by atoms with E-state index >= 15 is 0 Å². The Bertz CT molecular complexity index is 312. The number of benzene rings is 1. The Morgan fingerprint density at radius 2 is 2.06 bits per heavy atom. The van der Waals surface area contributed by atoms with E-state index in [1.807, 2.05) is 0 Å². The SMILES string of the molecule is CCCNC(CCCOC)c1ccccc1C. The van der Waals surface area contributed by atoms with Gasteiger partial charge in [-0.25, -0.2) is 0 Å². The van der Waals surface area contributed by atoms with Gasteiger partial charge in [0.2, 0.25) is 0 Å². The van der Waals surface area contributed by atoms with Crippen molar-refractivity contribution in [2.75, 3.05) is 20.3 Å². The highest BCUT2D eigenvalue weighted by Crippen LogP contribution is 2.21. The fourth-order valence-corrected chi connectivity index (χ4v) is 2.10. The van der Waals surface area contributed by atoms with E-state index in [1.54, 1.807) is 7.11 Å². The molecule has 1 rings (SSSR count). The third-order valence-electron chi connectivity index (χ3n) is 3.05. The fourth-order valence-electron chi connectivity index (χ4n) is 2.10. The molecule has 1 atom stereocenters. The molecular formula is C15H25NO. The molecule has 0 spiro atoms. The minimum absolute atomic E-state index is 0.464. The summed E-state index contributed by atoms with van der Waals surface area (Å²) in [5.74, 6) is 0. The lowest BCUT2D eigenvalue weighted by Crippen LogP contribution is -2.23. The first-order valence-corrected chi connectivity index (χ1v) is 6.57. The molecule has 0 saturated heterocycles. The summed E-state index contributed by atoms with van der Waals surface area (Å²) in [6.07, 6.45) is 3.41. The van der Waals surface area contributed by atoms with Crippen LogP contribution in [0.3, 0.4) is 0 Å². The molecule has 0 saturated carbocycles. The van der Waals surface area contributed by atoms with E-state index in [-0.39, 0.29) is 0 Å². The number of hydrogen-bond acceptors (Lipinski definition) is 2. The van der Waals surface area contributed by atoms with Crippen molar-refractivity contribution in [2.45, 2.75) is 39.2 Å². The van der Waals surface area contributed by atoms with Crippen molar-refractivity contribution in [3.63, 3.8) is 0 Å². The Kier molecular flexibility index (Phi) is 6.90. The molecule has 0 aliphatic heterocycles. The number of nitrogens with one attached hydrogen (secondary N) is 1. The van der Waals surface area contributed by atoms with Crippen molar-refractivity contribution < 1.29 is 4.74 Å². The Morgan fingerprint density at radius 3 is 2.71 bits per heavy atom. The van der Waals surface area contributed by atoms with Crippen molar-refractivity contribution in [1.29, 1.82) is 0 Å². The first-order valence-electron chi connectivity index (χ1n) is 6.57. The van der Waals surface area contributed by atoms with Crippen molar-refractivity contribution in [2.24, 2.45) is 0 Å². The van der Waals surface area contributed by atoms with Crippen LogP contribution in [0.25, 0.3) is 0 Å². The molecule has 1 aromatic carbocycles. The van der Waals surface area contributed by atoms with Gasteiger partial charge in [0.1, 0.15) is 0 Å². The predicted molar refractivity (Wildman–Crippen MR) is 73.3 cm³/mol. The molecule has 1 unspecified atom stereocenters. The standard InChI is InChI=1S/C15H25NO/c1-4-11-16-15(10-7-12-17-3)14-9-6-5-8-13(14)2/h5-6,8-9,15-16H,4,7,10-12H2,1-3H3. The summed E-state index contributed by atoms with van der Waals surface area (Å²) >= 11 is 0. The molecule has 0 amide bonds. The summed E-state index contributed by atoms with van der Waals surface area (Å²) in [4.78, 5) is 0. The molecule has 0 aliphatic carbocycles. The second-order valence-corrected chi connectivity index (χ2v) is 4.50. The van der Waals surface area contributed by atoms with Gasteiger partial charge in [-0.05, 0) is 43.9 Å². The van der Waals surface area contributed by atoms with Gasteiger partial charge in [0.25, 0.3) is 0 Å².